The zero-order valence-corrected chi connectivity index (χ0v) is 24.8. The van der Waals surface area contributed by atoms with Crippen molar-refractivity contribution in [1.29, 1.82) is 0 Å². The normalized spacial score (nSPS) is 10.7. The highest BCUT2D eigenvalue weighted by atomic mass is 19.1. The van der Waals surface area contributed by atoms with Gasteiger partial charge in [-0.15, -0.1) is 0 Å². The van der Waals surface area contributed by atoms with E-state index in [4.69, 9.17) is 18.9 Å². The molecule has 0 atom stereocenters. The van der Waals surface area contributed by atoms with Crippen molar-refractivity contribution in [3.05, 3.63) is 95.8 Å². The van der Waals surface area contributed by atoms with Gasteiger partial charge >= 0.3 is 11.9 Å². The van der Waals surface area contributed by atoms with E-state index >= 15 is 0 Å². The fourth-order valence-corrected chi connectivity index (χ4v) is 4.42. The summed E-state index contributed by atoms with van der Waals surface area (Å²) in [5, 5.41) is 28.2. The zero-order valence-electron chi connectivity index (χ0n) is 24.8. The van der Waals surface area contributed by atoms with E-state index in [1.807, 2.05) is 0 Å². The maximum Gasteiger partial charge on any atom is 0.341 e. The number of hydrogen-bond acceptors (Lipinski definition) is 10. The molecule has 0 unspecified atom stereocenters. The topological polar surface area (TPSA) is 147 Å². The number of fused-ring (bicyclic) bond motifs is 2. The number of phenols is 2. The predicted molar refractivity (Wildman–Crippen MR) is 160 cm³/mol. The Hall–Kier alpha value is -6.18. The Morgan fingerprint density at radius 3 is 1.39 bits per heavy atom. The average molecular weight is 633 g/mol. The third-order valence-corrected chi connectivity index (χ3v) is 6.80. The number of carbonyl (C=O) groups excluding carboxylic acids is 2. The number of carbonyl (C=O) groups is 2. The fraction of sp³-hybridized carbons (Fsp3) is 0.125. The number of rotatable bonds is 6. The molecule has 0 amide bonds. The molecule has 0 fully saturated rings. The average Bonchev–Trinajstić information content (AvgIpc) is 3.60. The third-order valence-electron chi connectivity index (χ3n) is 6.80. The molecule has 0 radical (unpaired) electrons. The summed E-state index contributed by atoms with van der Waals surface area (Å²) in [6.07, 6.45) is 3.23. The lowest BCUT2D eigenvalue weighted by Crippen LogP contribution is -2.04. The number of aromatic hydroxyl groups is 2. The van der Waals surface area contributed by atoms with Crippen LogP contribution in [0.3, 0.4) is 0 Å². The van der Waals surface area contributed by atoms with Crippen molar-refractivity contribution in [1.82, 2.24) is 19.6 Å². The number of aryl methyl sites for hydroxylation is 2. The number of nitrogens with zero attached hydrogens (tertiary/aromatic N) is 4. The summed E-state index contributed by atoms with van der Waals surface area (Å²) in [6, 6.07) is 13.6. The van der Waals surface area contributed by atoms with Gasteiger partial charge in [-0.25, -0.2) is 18.4 Å². The summed E-state index contributed by atoms with van der Waals surface area (Å²) < 4.78 is 50.9. The molecule has 12 nitrogen and oxygen atoms in total. The van der Waals surface area contributed by atoms with E-state index in [0.717, 1.165) is 33.9 Å². The van der Waals surface area contributed by atoms with E-state index in [1.54, 1.807) is 60.1 Å². The molecule has 0 saturated heterocycles. The summed E-state index contributed by atoms with van der Waals surface area (Å²) in [4.78, 5) is 23.9. The van der Waals surface area contributed by atoms with Crippen LogP contribution in [-0.4, -0.2) is 55.9 Å². The minimum atomic E-state index is -0.816. The van der Waals surface area contributed by atoms with Crippen molar-refractivity contribution in [3.8, 4) is 34.5 Å². The summed E-state index contributed by atoms with van der Waals surface area (Å²) >= 11 is 0. The van der Waals surface area contributed by atoms with E-state index in [9.17, 15) is 28.6 Å². The molecule has 0 aliphatic rings. The van der Waals surface area contributed by atoms with Crippen LogP contribution in [0.25, 0.3) is 21.8 Å². The van der Waals surface area contributed by atoms with Gasteiger partial charge in [0.05, 0.1) is 37.6 Å². The number of esters is 2. The quantitative estimate of drug-likeness (QED) is 0.210. The zero-order chi connectivity index (χ0) is 33.1. The van der Waals surface area contributed by atoms with Crippen LogP contribution in [-0.2, 0) is 23.6 Å². The van der Waals surface area contributed by atoms with Gasteiger partial charge in [0, 0.05) is 49.1 Å². The minimum Gasteiger partial charge on any atom is -0.505 e. The van der Waals surface area contributed by atoms with Crippen LogP contribution in [0.5, 0.6) is 34.5 Å². The molecular weight excluding hydrogens is 606 g/mol. The molecule has 46 heavy (non-hydrogen) atoms. The Kier molecular flexibility index (Phi) is 8.71. The van der Waals surface area contributed by atoms with Crippen molar-refractivity contribution in [2.75, 3.05) is 14.2 Å². The molecule has 236 valence electrons. The van der Waals surface area contributed by atoms with Crippen LogP contribution in [0.4, 0.5) is 8.78 Å². The van der Waals surface area contributed by atoms with E-state index < -0.39 is 35.1 Å². The molecular formula is C32H26F2N4O8. The Morgan fingerprint density at radius 1 is 0.652 bits per heavy atom. The molecule has 2 aromatic heterocycles. The van der Waals surface area contributed by atoms with Crippen LogP contribution < -0.4 is 9.47 Å². The minimum absolute atomic E-state index is 0.145. The lowest BCUT2D eigenvalue weighted by Gasteiger charge is -2.11. The van der Waals surface area contributed by atoms with Gasteiger partial charge in [-0.1, -0.05) is 0 Å². The Morgan fingerprint density at radius 2 is 1.04 bits per heavy atom. The molecule has 14 heteroatoms. The summed E-state index contributed by atoms with van der Waals surface area (Å²) in [7, 11) is 6.04. The van der Waals surface area contributed by atoms with Crippen molar-refractivity contribution >= 4 is 33.7 Å². The van der Waals surface area contributed by atoms with E-state index in [2.05, 4.69) is 10.2 Å². The van der Waals surface area contributed by atoms with Gasteiger partial charge in [0.25, 0.3) is 0 Å². The van der Waals surface area contributed by atoms with Crippen molar-refractivity contribution in [2.45, 2.75) is 0 Å². The van der Waals surface area contributed by atoms with Gasteiger partial charge in [0.1, 0.15) is 34.1 Å². The maximum atomic E-state index is 13.4. The van der Waals surface area contributed by atoms with Gasteiger partial charge in [0.15, 0.2) is 23.1 Å². The largest absolute Gasteiger partial charge is 0.505 e. The van der Waals surface area contributed by atoms with Gasteiger partial charge in [-0.3, -0.25) is 9.36 Å². The van der Waals surface area contributed by atoms with Crippen LogP contribution in [0.2, 0.25) is 0 Å². The smallest absolute Gasteiger partial charge is 0.341 e. The van der Waals surface area contributed by atoms with Crippen LogP contribution in [0.1, 0.15) is 20.7 Å². The Balaban J connectivity index is 0.000000181. The number of phenolic OH excluding ortho intramolecular Hbond substituents is 2. The molecule has 0 spiro atoms. The lowest BCUT2D eigenvalue weighted by molar-refractivity contribution is 0.0589. The van der Waals surface area contributed by atoms with Gasteiger partial charge in [-0.05, 0) is 36.4 Å². The highest BCUT2D eigenvalue weighted by Crippen LogP contribution is 2.33. The highest BCUT2D eigenvalue weighted by molar-refractivity contribution is 5.98. The molecule has 0 aliphatic heterocycles. The first-order valence-corrected chi connectivity index (χ1v) is 13.4. The Labute approximate surface area is 259 Å². The molecule has 0 aliphatic carbocycles. The second-order valence-electron chi connectivity index (χ2n) is 9.76. The standard InChI is InChI=1S/2C16H13FN2O4/c2*1-19-13-7-15(23-10-3-4-14(20)12(17)6-10)11(16(21)22-2)5-9(13)8-18-19/h2*3-8,20H,1-2H3. The van der Waals surface area contributed by atoms with Crippen molar-refractivity contribution in [2.24, 2.45) is 14.1 Å². The van der Waals surface area contributed by atoms with E-state index in [1.165, 1.54) is 38.5 Å². The first-order chi connectivity index (χ1) is 22.0. The first kappa shape index (κ1) is 31.3. The molecule has 0 bridgehead atoms. The summed E-state index contributed by atoms with van der Waals surface area (Å²) in [5.41, 5.74) is 1.88. The molecule has 6 aromatic rings. The molecule has 4 aromatic carbocycles. The van der Waals surface area contributed by atoms with Crippen molar-refractivity contribution in [3.63, 3.8) is 0 Å². The van der Waals surface area contributed by atoms with E-state index in [-0.39, 0.29) is 34.1 Å². The number of methoxy groups -OCH3 is 2. The second-order valence-corrected chi connectivity index (χ2v) is 9.76. The number of benzene rings is 4. The number of hydrogen-bond donors (Lipinski definition) is 2. The number of halogens is 2. The SMILES string of the molecule is COC(=O)c1cc2cnn(C)c2cc1Oc1ccc(O)c(F)c1.COC(=O)c1cc2cnn(C)c2cc1Oc1ccc(O)c(F)c1. The fourth-order valence-electron chi connectivity index (χ4n) is 4.42. The number of aromatic nitrogens is 4. The van der Waals surface area contributed by atoms with Gasteiger partial charge < -0.3 is 29.2 Å². The van der Waals surface area contributed by atoms with Gasteiger partial charge in [0.2, 0.25) is 0 Å². The van der Waals surface area contributed by atoms with Crippen LogP contribution in [0.15, 0.2) is 73.1 Å². The van der Waals surface area contributed by atoms with E-state index in [0.29, 0.717) is 0 Å². The summed E-state index contributed by atoms with van der Waals surface area (Å²) in [6.45, 7) is 0. The molecule has 6 rings (SSSR count). The Bertz CT molecular complexity index is 1960. The van der Waals surface area contributed by atoms with Crippen molar-refractivity contribution < 1.29 is 47.5 Å². The van der Waals surface area contributed by atoms with Crippen LogP contribution in [0, 0.1) is 11.6 Å². The van der Waals surface area contributed by atoms with Crippen LogP contribution >= 0.6 is 0 Å². The predicted octanol–water partition coefficient (Wildman–Crippen LogP) is 5.99. The van der Waals surface area contributed by atoms with Gasteiger partial charge in [-0.2, -0.15) is 10.2 Å². The first-order valence-electron chi connectivity index (χ1n) is 13.4. The monoisotopic (exact) mass is 632 g/mol. The maximum absolute atomic E-state index is 13.4. The molecule has 2 heterocycles. The third kappa shape index (κ3) is 6.36. The number of ether oxygens (including phenoxy) is 4. The molecule has 0 saturated carbocycles. The second kappa shape index (κ2) is 12.8. The molecule has 2 N–H and O–H groups in total. The summed E-state index contributed by atoms with van der Waals surface area (Å²) in [5.74, 6) is -3.04. The highest BCUT2D eigenvalue weighted by Gasteiger charge is 2.19. The lowest BCUT2D eigenvalue weighted by atomic mass is 10.1.